The van der Waals surface area contributed by atoms with E-state index < -0.39 is 17.6 Å². The highest BCUT2D eigenvalue weighted by Gasteiger charge is 2.37. The van der Waals surface area contributed by atoms with Crippen molar-refractivity contribution in [1.29, 1.82) is 0 Å². The summed E-state index contributed by atoms with van der Waals surface area (Å²) in [6, 6.07) is 2.45. The van der Waals surface area contributed by atoms with E-state index in [1.165, 1.54) is 34.7 Å². The predicted octanol–water partition coefficient (Wildman–Crippen LogP) is 4.21. The average molecular weight is 369 g/mol. The second-order valence-electron chi connectivity index (χ2n) is 2.22. The fourth-order valence-corrected chi connectivity index (χ4v) is 1.77. The first-order chi connectivity index (χ1) is 5.84. The van der Waals surface area contributed by atoms with Crippen LogP contribution >= 0.6 is 38.5 Å². The van der Waals surface area contributed by atoms with Crippen molar-refractivity contribution in [3.8, 4) is 0 Å². The molecule has 1 aromatic carbocycles. The van der Waals surface area contributed by atoms with E-state index >= 15 is 0 Å². The van der Waals surface area contributed by atoms with E-state index in [2.05, 4.69) is 15.9 Å². The molecule has 0 saturated heterocycles. The first kappa shape index (κ1) is 11.2. The molecule has 0 aliphatic heterocycles. The van der Waals surface area contributed by atoms with Gasteiger partial charge in [-0.15, -0.1) is 0 Å². The Hall–Kier alpha value is 0.150. The van der Waals surface area contributed by atoms with Crippen molar-refractivity contribution in [3.63, 3.8) is 0 Å². The number of benzene rings is 1. The summed E-state index contributed by atoms with van der Waals surface area (Å²) >= 11 is 4.16. The summed E-state index contributed by atoms with van der Waals surface area (Å²) in [4.78, 5) is 0. The molecule has 0 atom stereocenters. The third-order valence-corrected chi connectivity index (χ3v) is 2.82. The molecule has 0 spiro atoms. The Morgan fingerprint density at radius 3 is 2.15 bits per heavy atom. The Balaban J connectivity index is 3.43. The van der Waals surface area contributed by atoms with E-state index in [4.69, 9.17) is 0 Å². The van der Waals surface area contributed by atoms with Crippen LogP contribution in [-0.2, 0) is 6.18 Å². The normalized spacial score (nSPS) is 11.8. The molecule has 0 amide bonds. The van der Waals surface area contributed by atoms with Gasteiger partial charge in [0.25, 0.3) is 0 Å². The van der Waals surface area contributed by atoms with Gasteiger partial charge in [-0.2, -0.15) is 13.2 Å². The largest absolute Gasteiger partial charge is 0.420 e. The number of hydrogen-bond donors (Lipinski definition) is 0. The molecule has 0 aliphatic carbocycles. The summed E-state index contributed by atoms with van der Waals surface area (Å²) in [5, 5.41) is 0. The Morgan fingerprint density at radius 1 is 1.23 bits per heavy atom. The van der Waals surface area contributed by atoms with Crippen molar-refractivity contribution >= 4 is 38.5 Å². The Bertz CT molecular complexity index is 334. The van der Waals surface area contributed by atoms with Crippen LogP contribution in [0.15, 0.2) is 16.6 Å². The van der Waals surface area contributed by atoms with Gasteiger partial charge in [0.05, 0.1) is 0 Å². The van der Waals surface area contributed by atoms with E-state index in [1.54, 1.807) is 0 Å². The van der Waals surface area contributed by atoms with Crippen LogP contribution in [0.1, 0.15) is 5.56 Å². The van der Waals surface area contributed by atoms with Gasteiger partial charge in [0.1, 0.15) is 11.4 Å². The van der Waals surface area contributed by atoms with Gasteiger partial charge >= 0.3 is 6.18 Å². The van der Waals surface area contributed by atoms with Crippen LogP contribution in [0.3, 0.4) is 0 Å². The molecule has 1 aromatic rings. The smallest absolute Gasteiger partial charge is 0.205 e. The lowest BCUT2D eigenvalue weighted by Crippen LogP contribution is -2.10. The molecule has 0 N–H and O–H groups in total. The molecular weight excluding hydrogens is 367 g/mol. The predicted molar refractivity (Wildman–Crippen MR) is 51.8 cm³/mol. The van der Waals surface area contributed by atoms with E-state index in [-0.39, 0.29) is 8.04 Å². The van der Waals surface area contributed by atoms with Gasteiger partial charge in [-0.1, -0.05) is 15.9 Å². The number of halogens is 6. The highest BCUT2D eigenvalue weighted by molar-refractivity contribution is 14.1. The second kappa shape index (κ2) is 3.72. The summed E-state index contributed by atoms with van der Waals surface area (Å²) in [6.45, 7) is 0. The van der Waals surface area contributed by atoms with Crippen LogP contribution in [0, 0.1) is 9.39 Å². The first-order valence-corrected chi connectivity index (χ1v) is 4.92. The van der Waals surface area contributed by atoms with Crippen molar-refractivity contribution in [3.05, 3.63) is 31.6 Å². The topological polar surface area (TPSA) is 0 Å². The first-order valence-electron chi connectivity index (χ1n) is 3.04. The van der Waals surface area contributed by atoms with E-state index in [9.17, 15) is 17.6 Å². The number of alkyl halides is 3. The molecule has 13 heavy (non-hydrogen) atoms. The second-order valence-corrected chi connectivity index (χ2v) is 4.23. The SMILES string of the molecule is Fc1c(I)ccc(Br)c1C(F)(F)F. The Kier molecular flexibility index (Phi) is 3.21. The van der Waals surface area contributed by atoms with Crippen LogP contribution in [0.5, 0.6) is 0 Å². The lowest BCUT2D eigenvalue weighted by Gasteiger charge is -2.10. The minimum absolute atomic E-state index is 0.0480. The summed E-state index contributed by atoms with van der Waals surface area (Å²) in [5.41, 5.74) is -1.25. The fraction of sp³-hybridized carbons (Fsp3) is 0.143. The monoisotopic (exact) mass is 368 g/mol. The van der Waals surface area contributed by atoms with Gasteiger partial charge in [0.15, 0.2) is 0 Å². The van der Waals surface area contributed by atoms with Crippen molar-refractivity contribution < 1.29 is 17.6 Å². The zero-order valence-corrected chi connectivity index (χ0v) is 9.67. The van der Waals surface area contributed by atoms with Crippen molar-refractivity contribution in [1.82, 2.24) is 0 Å². The highest BCUT2D eigenvalue weighted by atomic mass is 127. The summed E-state index contributed by atoms with van der Waals surface area (Å²) in [5.74, 6) is -1.23. The molecule has 0 unspecified atom stereocenters. The Labute approximate surface area is 93.6 Å². The molecule has 0 bridgehead atoms. The van der Waals surface area contributed by atoms with Gasteiger partial charge < -0.3 is 0 Å². The molecule has 0 saturated carbocycles. The van der Waals surface area contributed by atoms with E-state index in [1.807, 2.05) is 0 Å². The van der Waals surface area contributed by atoms with Gasteiger partial charge in [-0.3, -0.25) is 0 Å². The highest BCUT2D eigenvalue weighted by Crippen LogP contribution is 2.37. The molecule has 0 aromatic heterocycles. The van der Waals surface area contributed by atoms with Crippen LogP contribution in [0.4, 0.5) is 17.6 Å². The minimum Gasteiger partial charge on any atom is -0.205 e. The summed E-state index contributed by atoms with van der Waals surface area (Å²) in [7, 11) is 0. The maximum atomic E-state index is 13.0. The number of hydrogen-bond acceptors (Lipinski definition) is 0. The molecule has 72 valence electrons. The molecule has 0 fully saturated rings. The fourth-order valence-electron chi connectivity index (χ4n) is 0.787. The van der Waals surface area contributed by atoms with Gasteiger partial charge in [-0.25, -0.2) is 4.39 Å². The summed E-state index contributed by atoms with van der Waals surface area (Å²) in [6.07, 6.45) is -4.66. The molecule has 6 heteroatoms. The zero-order chi connectivity index (χ0) is 10.2. The third-order valence-electron chi connectivity index (χ3n) is 1.33. The van der Waals surface area contributed by atoms with E-state index in [0.717, 1.165) is 0 Å². The minimum atomic E-state index is -4.66. The molecular formula is C7H2BrF4I. The van der Waals surface area contributed by atoms with Gasteiger partial charge in [0, 0.05) is 8.04 Å². The third kappa shape index (κ3) is 2.34. The maximum Gasteiger partial charge on any atom is 0.420 e. The average Bonchev–Trinajstić information content (AvgIpc) is 1.95. The molecule has 0 heterocycles. The zero-order valence-electron chi connectivity index (χ0n) is 5.92. The molecule has 0 aliphatic rings. The molecule has 0 nitrogen and oxygen atoms in total. The van der Waals surface area contributed by atoms with Crippen molar-refractivity contribution in [2.45, 2.75) is 6.18 Å². The van der Waals surface area contributed by atoms with Crippen molar-refractivity contribution in [2.24, 2.45) is 0 Å². The Morgan fingerprint density at radius 2 is 1.77 bits per heavy atom. The van der Waals surface area contributed by atoms with Crippen LogP contribution in [0.25, 0.3) is 0 Å². The molecule has 0 radical (unpaired) electrons. The van der Waals surface area contributed by atoms with Gasteiger partial charge in [-0.05, 0) is 34.7 Å². The van der Waals surface area contributed by atoms with Crippen LogP contribution < -0.4 is 0 Å². The lowest BCUT2D eigenvalue weighted by atomic mass is 10.2. The van der Waals surface area contributed by atoms with Gasteiger partial charge in [0.2, 0.25) is 0 Å². The number of rotatable bonds is 0. The summed E-state index contributed by atoms with van der Waals surface area (Å²) < 4.78 is 49.3. The van der Waals surface area contributed by atoms with Crippen LogP contribution in [0.2, 0.25) is 0 Å². The van der Waals surface area contributed by atoms with E-state index in [0.29, 0.717) is 0 Å². The molecule has 1 rings (SSSR count). The van der Waals surface area contributed by atoms with Crippen molar-refractivity contribution in [2.75, 3.05) is 0 Å². The maximum absolute atomic E-state index is 13.0. The standard InChI is InChI=1S/C7H2BrF4I/c8-3-1-2-4(13)6(9)5(3)7(10,11)12/h1-2H. The van der Waals surface area contributed by atoms with Crippen LogP contribution in [-0.4, -0.2) is 0 Å². The lowest BCUT2D eigenvalue weighted by molar-refractivity contribution is -0.140. The quantitative estimate of drug-likeness (QED) is 0.365.